The molecule has 0 bridgehead atoms. The lowest BCUT2D eigenvalue weighted by Gasteiger charge is -2.06. The van der Waals surface area contributed by atoms with Gasteiger partial charge in [-0.3, -0.25) is 0 Å². The summed E-state index contributed by atoms with van der Waals surface area (Å²) in [7, 11) is 0. The molecule has 3 nitrogen and oxygen atoms in total. The fourth-order valence-electron chi connectivity index (χ4n) is 1.51. The summed E-state index contributed by atoms with van der Waals surface area (Å²) in [6.45, 7) is 2.50. The van der Waals surface area contributed by atoms with Crippen molar-refractivity contribution in [3.05, 3.63) is 47.9 Å². The lowest BCUT2D eigenvalue weighted by Crippen LogP contribution is -2.01. The molecule has 1 heterocycles. The first-order valence-corrected chi connectivity index (χ1v) is 6.58. The van der Waals surface area contributed by atoms with E-state index in [0.29, 0.717) is 17.9 Å². The molecule has 18 heavy (non-hydrogen) atoms. The van der Waals surface area contributed by atoms with Gasteiger partial charge in [-0.15, -0.1) is 11.8 Å². The Bertz CT molecular complexity index is 557. The zero-order valence-electron chi connectivity index (χ0n) is 10.1. The van der Waals surface area contributed by atoms with Crippen LogP contribution in [-0.4, -0.2) is 12.4 Å². The number of benzene rings is 1. The second-order valence-electron chi connectivity index (χ2n) is 3.65. The number of nitriles is 1. The zero-order valence-corrected chi connectivity index (χ0v) is 10.9. The molecule has 0 amide bonds. The van der Waals surface area contributed by atoms with Crippen LogP contribution in [0.15, 0.2) is 45.9 Å². The second-order valence-corrected chi connectivity index (χ2v) is 4.78. The van der Waals surface area contributed by atoms with E-state index in [9.17, 15) is 0 Å². The van der Waals surface area contributed by atoms with Gasteiger partial charge >= 0.3 is 0 Å². The van der Waals surface area contributed by atoms with Crippen molar-refractivity contribution in [1.29, 1.82) is 5.26 Å². The third-order valence-corrected chi connectivity index (χ3v) is 3.52. The van der Waals surface area contributed by atoms with Gasteiger partial charge in [-0.05, 0) is 25.1 Å². The molecule has 2 rings (SSSR count). The van der Waals surface area contributed by atoms with Crippen molar-refractivity contribution in [2.75, 3.05) is 12.4 Å². The number of para-hydroxylation sites is 1. The van der Waals surface area contributed by atoms with E-state index in [2.05, 4.69) is 6.07 Å². The van der Waals surface area contributed by atoms with E-state index in [0.717, 1.165) is 16.4 Å². The number of furan rings is 1. The third kappa shape index (κ3) is 3.08. The van der Waals surface area contributed by atoms with E-state index in [1.54, 1.807) is 24.1 Å². The Kier molecular flexibility index (Phi) is 4.32. The Morgan fingerprint density at radius 3 is 2.89 bits per heavy atom. The van der Waals surface area contributed by atoms with Gasteiger partial charge in [0.1, 0.15) is 17.6 Å². The number of aryl methyl sites for hydroxylation is 1. The van der Waals surface area contributed by atoms with Crippen LogP contribution in [0, 0.1) is 18.3 Å². The molecular weight excluding hydrogens is 246 g/mol. The summed E-state index contributed by atoms with van der Waals surface area (Å²) in [5.74, 6) is 2.39. The van der Waals surface area contributed by atoms with Gasteiger partial charge in [-0.1, -0.05) is 12.1 Å². The minimum atomic E-state index is 0.563. The highest BCUT2D eigenvalue weighted by molar-refractivity contribution is 7.99. The standard InChI is InChI=1S/C14H13NO2S/c1-11-14(6-7-16-11)18-9-8-17-13-5-3-2-4-12(13)10-15/h2-7H,8-9H2,1H3. The van der Waals surface area contributed by atoms with E-state index in [-0.39, 0.29) is 0 Å². The first-order chi connectivity index (χ1) is 8.81. The Morgan fingerprint density at radius 1 is 1.33 bits per heavy atom. The smallest absolute Gasteiger partial charge is 0.137 e. The van der Waals surface area contributed by atoms with Crippen LogP contribution < -0.4 is 4.74 Å². The van der Waals surface area contributed by atoms with Crippen LogP contribution in [0.2, 0.25) is 0 Å². The van der Waals surface area contributed by atoms with Gasteiger partial charge in [0.25, 0.3) is 0 Å². The van der Waals surface area contributed by atoms with E-state index >= 15 is 0 Å². The minimum absolute atomic E-state index is 0.563. The van der Waals surface area contributed by atoms with E-state index in [4.69, 9.17) is 14.4 Å². The van der Waals surface area contributed by atoms with Crippen LogP contribution in [0.1, 0.15) is 11.3 Å². The van der Waals surface area contributed by atoms with Crippen molar-refractivity contribution < 1.29 is 9.15 Å². The molecule has 0 atom stereocenters. The fourth-order valence-corrected chi connectivity index (χ4v) is 2.30. The molecule has 1 aromatic carbocycles. The summed E-state index contributed by atoms with van der Waals surface area (Å²) in [5.41, 5.74) is 0.571. The lowest BCUT2D eigenvalue weighted by atomic mass is 10.2. The molecule has 92 valence electrons. The maximum absolute atomic E-state index is 8.91. The zero-order chi connectivity index (χ0) is 12.8. The largest absolute Gasteiger partial charge is 0.491 e. The summed E-state index contributed by atoms with van der Waals surface area (Å²) in [6, 6.07) is 11.3. The highest BCUT2D eigenvalue weighted by Crippen LogP contribution is 2.23. The molecule has 0 radical (unpaired) electrons. The SMILES string of the molecule is Cc1occc1SCCOc1ccccc1C#N. The van der Waals surface area contributed by atoms with Crippen molar-refractivity contribution in [1.82, 2.24) is 0 Å². The number of thioether (sulfide) groups is 1. The molecule has 2 aromatic rings. The molecule has 0 spiro atoms. The summed E-state index contributed by atoms with van der Waals surface area (Å²) >= 11 is 1.68. The first kappa shape index (κ1) is 12.6. The van der Waals surface area contributed by atoms with Gasteiger partial charge in [0.2, 0.25) is 0 Å². The van der Waals surface area contributed by atoms with Crippen molar-refractivity contribution in [3.63, 3.8) is 0 Å². The maximum Gasteiger partial charge on any atom is 0.137 e. The van der Waals surface area contributed by atoms with Gasteiger partial charge in [0.05, 0.1) is 18.4 Å². The van der Waals surface area contributed by atoms with E-state index < -0.39 is 0 Å². The minimum Gasteiger partial charge on any atom is -0.491 e. The highest BCUT2D eigenvalue weighted by Gasteiger charge is 2.03. The number of hydrogen-bond acceptors (Lipinski definition) is 4. The number of rotatable bonds is 5. The van der Waals surface area contributed by atoms with Crippen molar-refractivity contribution in [3.8, 4) is 11.8 Å². The molecular formula is C14H13NO2S. The third-order valence-electron chi connectivity index (χ3n) is 2.42. The summed E-state index contributed by atoms with van der Waals surface area (Å²) in [5, 5.41) is 8.91. The average molecular weight is 259 g/mol. The van der Waals surface area contributed by atoms with Crippen LogP contribution in [0.25, 0.3) is 0 Å². The predicted molar refractivity (Wildman–Crippen MR) is 70.8 cm³/mol. The molecule has 1 aromatic heterocycles. The fraction of sp³-hybridized carbons (Fsp3) is 0.214. The Hall–Kier alpha value is -1.86. The molecule has 0 fully saturated rings. The Morgan fingerprint density at radius 2 is 2.17 bits per heavy atom. The average Bonchev–Trinajstić information content (AvgIpc) is 2.81. The lowest BCUT2D eigenvalue weighted by molar-refractivity contribution is 0.343. The molecule has 0 aliphatic carbocycles. The van der Waals surface area contributed by atoms with Crippen LogP contribution in [-0.2, 0) is 0 Å². The normalized spacial score (nSPS) is 10.0. The van der Waals surface area contributed by atoms with Gasteiger partial charge < -0.3 is 9.15 Å². The van der Waals surface area contributed by atoms with Crippen molar-refractivity contribution in [2.45, 2.75) is 11.8 Å². The van der Waals surface area contributed by atoms with Crippen LogP contribution >= 0.6 is 11.8 Å². The Labute approximate surface area is 110 Å². The molecule has 0 aliphatic rings. The molecule has 0 aliphatic heterocycles. The maximum atomic E-state index is 8.91. The van der Waals surface area contributed by atoms with Crippen molar-refractivity contribution >= 4 is 11.8 Å². The summed E-state index contributed by atoms with van der Waals surface area (Å²) < 4.78 is 10.8. The molecule has 0 saturated heterocycles. The van der Waals surface area contributed by atoms with E-state index in [1.165, 1.54) is 0 Å². The quantitative estimate of drug-likeness (QED) is 0.607. The highest BCUT2D eigenvalue weighted by atomic mass is 32.2. The first-order valence-electron chi connectivity index (χ1n) is 5.60. The predicted octanol–water partition coefficient (Wildman–Crippen LogP) is 3.63. The number of ether oxygens (including phenoxy) is 1. The van der Waals surface area contributed by atoms with Gasteiger partial charge in [-0.25, -0.2) is 0 Å². The molecule has 0 N–H and O–H groups in total. The molecule has 4 heteroatoms. The van der Waals surface area contributed by atoms with Gasteiger partial charge in [-0.2, -0.15) is 5.26 Å². The summed E-state index contributed by atoms with van der Waals surface area (Å²) in [6.07, 6.45) is 1.68. The number of hydrogen-bond donors (Lipinski definition) is 0. The van der Waals surface area contributed by atoms with Gasteiger partial charge in [0, 0.05) is 10.6 Å². The van der Waals surface area contributed by atoms with Crippen LogP contribution in [0.3, 0.4) is 0 Å². The van der Waals surface area contributed by atoms with Crippen LogP contribution in [0.4, 0.5) is 0 Å². The van der Waals surface area contributed by atoms with Crippen molar-refractivity contribution in [2.24, 2.45) is 0 Å². The molecule has 0 unspecified atom stereocenters. The Balaban J connectivity index is 1.82. The number of nitrogens with zero attached hydrogens (tertiary/aromatic N) is 1. The summed E-state index contributed by atoms with van der Waals surface area (Å²) in [4.78, 5) is 1.13. The monoisotopic (exact) mass is 259 g/mol. The van der Waals surface area contributed by atoms with E-state index in [1.807, 2.05) is 31.2 Å². The molecule has 0 saturated carbocycles. The van der Waals surface area contributed by atoms with Crippen LogP contribution in [0.5, 0.6) is 5.75 Å². The van der Waals surface area contributed by atoms with Gasteiger partial charge in [0.15, 0.2) is 0 Å². The topological polar surface area (TPSA) is 46.2 Å². The second kappa shape index (κ2) is 6.18.